The lowest BCUT2D eigenvalue weighted by molar-refractivity contribution is 0.102. The molecule has 0 aliphatic heterocycles. The van der Waals surface area contributed by atoms with Crippen LogP contribution in [0.25, 0.3) is 11.5 Å². The molecule has 0 saturated carbocycles. The zero-order chi connectivity index (χ0) is 14.8. The minimum absolute atomic E-state index is 0.0987. The lowest BCUT2D eigenvalue weighted by Crippen LogP contribution is -2.10. The molecule has 0 bridgehead atoms. The summed E-state index contributed by atoms with van der Waals surface area (Å²) in [7, 11) is 0. The lowest BCUT2D eigenvalue weighted by atomic mass is 10.1. The highest BCUT2D eigenvalue weighted by Crippen LogP contribution is 2.22. The minimum Gasteiger partial charge on any atom is -0.403 e. The van der Waals surface area contributed by atoms with Gasteiger partial charge in [0.25, 0.3) is 5.91 Å². The molecule has 0 aliphatic rings. The summed E-state index contributed by atoms with van der Waals surface area (Å²) in [6.45, 7) is 4.06. The molecule has 0 atom stereocenters. The van der Waals surface area contributed by atoms with E-state index in [1.54, 1.807) is 6.07 Å². The number of aryl methyl sites for hydroxylation is 2. The number of rotatable bonds is 3. The molecule has 5 nitrogen and oxygen atoms in total. The fraction of sp³-hybridized carbons (Fsp3) is 0.133. The molecule has 1 amide bonds. The molecule has 3 aromatic rings. The van der Waals surface area contributed by atoms with Crippen molar-refractivity contribution in [2.24, 2.45) is 0 Å². The number of aromatic nitrogens is 2. The van der Waals surface area contributed by atoms with E-state index in [1.807, 2.05) is 43.5 Å². The van der Waals surface area contributed by atoms with Gasteiger partial charge in [-0.15, -0.1) is 16.4 Å². The minimum atomic E-state index is -0.250. The summed E-state index contributed by atoms with van der Waals surface area (Å²) < 4.78 is 5.48. The van der Waals surface area contributed by atoms with Gasteiger partial charge in [-0.3, -0.25) is 10.1 Å². The molecule has 0 fully saturated rings. The first-order valence-corrected chi connectivity index (χ1v) is 7.27. The Hall–Kier alpha value is -2.47. The third kappa shape index (κ3) is 2.85. The van der Waals surface area contributed by atoms with E-state index in [4.69, 9.17) is 4.42 Å². The number of benzene rings is 1. The van der Waals surface area contributed by atoms with Gasteiger partial charge < -0.3 is 4.42 Å². The van der Waals surface area contributed by atoms with Crippen molar-refractivity contribution in [3.05, 3.63) is 51.7 Å². The number of nitrogens with one attached hydrogen (secondary N) is 1. The van der Waals surface area contributed by atoms with Crippen LogP contribution in [0.3, 0.4) is 0 Å². The van der Waals surface area contributed by atoms with Crippen molar-refractivity contribution in [1.29, 1.82) is 0 Å². The third-order valence-corrected chi connectivity index (χ3v) is 4.01. The van der Waals surface area contributed by atoms with Crippen LogP contribution in [0.4, 0.5) is 6.01 Å². The highest BCUT2D eigenvalue weighted by atomic mass is 32.1. The Morgan fingerprint density at radius 1 is 1.19 bits per heavy atom. The molecule has 3 rings (SSSR count). The SMILES string of the molecule is Cc1ccc(-c2nnc(NC(=O)c3cccs3)o2)cc1C. The van der Waals surface area contributed by atoms with E-state index in [2.05, 4.69) is 15.5 Å². The van der Waals surface area contributed by atoms with Gasteiger partial charge in [-0.2, -0.15) is 0 Å². The summed E-state index contributed by atoms with van der Waals surface area (Å²) >= 11 is 1.36. The number of nitrogens with zero attached hydrogens (tertiary/aromatic N) is 2. The van der Waals surface area contributed by atoms with Gasteiger partial charge in [-0.05, 0) is 48.6 Å². The first kappa shape index (κ1) is 13.5. The summed E-state index contributed by atoms with van der Waals surface area (Å²) in [6.07, 6.45) is 0. The van der Waals surface area contributed by atoms with E-state index in [0.717, 1.165) is 11.1 Å². The van der Waals surface area contributed by atoms with Crippen LogP contribution in [0.2, 0.25) is 0 Å². The van der Waals surface area contributed by atoms with Gasteiger partial charge in [-0.25, -0.2) is 0 Å². The number of hydrogen-bond acceptors (Lipinski definition) is 5. The van der Waals surface area contributed by atoms with Gasteiger partial charge in [0, 0.05) is 5.56 Å². The molecule has 0 saturated heterocycles. The second kappa shape index (κ2) is 5.49. The standard InChI is InChI=1S/C15H13N3O2S/c1-9-5-6-11(8-10(9)2)14-17-18-15(20-14)16-13(19)12-4-3-7-21-12/h3-8H,1-2H3,(H,16,18,19). The Labute approximate surface area is 125 Å². The molecular weight excluding hydrogens is 286 g/mol. The highest BCUT2D eigenvalue weighted by molar-refractivity contribution is 7.12. The Bertz CT molecular complexity index is 778. The van der Waals surface area contributed by atoms with Gasteiger partial charge in [0.1, 0.15) is 0 Å². The predicted molar refractivity (Wildman–Crippen MR) is 81.5 cm³/mol. The van der Waals surface area contributed by atoms with Crippen LogP contribution in [0, 0.1) is 13.8 Å². The van der Waals surface area contributed by atoms with Crippen molar-refractivity contribution in [2.75, 3.05) is 5.32 Å². The van der Waals surface area contributed by atoms with Gasteiger partial charge in [-0.1, -0.05) is 17.2 Å². The quantitative estimate of drug-likeness (QED) is 0.801. The van der Waals surface area contributed by atoms with Gasteiger partial charge in [0.15, 0.2) is 0 Å². The fourth-order valence-corrected chi connectivity index (χ4v) is 2.45. The summed E-state index contributed by atoms with van der Waals surface area (Å²) in [5.41, 5.74) is 3.18. The van der Waals surface area contributed by atoms with Crippen LogP contribution in [0.1, 0.15) is 20.8 Å². The van der Waals surface area contributed by atoms with E-state index in [0.29, 0.717) is 10.8 Å². The van der Waals surface area contributed by atoms with Crippen LogP contribution in [-0.2, 0) is 0 Å². The average Bonchev–Trinajstić information content (AvgIpc) is 3.12. The highest BCUT2D eigenvalue weighted by Gasteiger charge is 2.13. The lowest BCUT2D eigenvalue weighted by Gasteiger charge is -2.01. The summed E-state index contributed by atoms with van der Waals surface area (Å²) in [6, 6.07) is 9.54. The van der Waals surface area contributed by atoms with Crippen LogP contribution >= 0.6 is 11.3 Å². The molecule has 0 aliphatic carbocycles. The maximum absolute atomic E-state index is 11.9. The van der Waals surface area contributed by atoms with Crippen molar-refractivity contribution < 1.29 is 9.21 Å². The van der Waals surface area contributed by atoms with Crippen molar-refractivity contribution in [3.63, 3.8) is 0 Å². The predicted octanol–water partition coefficient (Wildman–Crippen LogP) is 3.67. The van der Waals surface area contributed by atoms with E-state index in [9.17, 15) is 4.79 Å². The molecule has 0 spiro atoms. The number of carbonyl (C=O) groups excluding carboxylic acids is 1. The molecule has 106 valence electrons. The molecule has 2 heterocycles. The van der Waals surface area contributed by atoms with Crippen molar-refractivity contribution in [2.45, 2.75) is 13.8 Å². The van der Waals surface area contributed by atoms with E-state index < -0.39 is 0 Å². The molecule has 2 aromatic heterocycles. The Kier molecular flexibility index (Phi) is 3.53. The largest absolute Gasteiger partial charge is 0.403 e. The number of thiophene rings is 1. The molecule has 6 heteroatoms. The van der Waals surface area contributed by atoms with Gasteiger partial charge in [0.2, 0.25) is 5.89 Å². The molecular formula is C15H13N3O2S. The summed E-state index contributed by atoms with van der Waals surface area (Å²) in [5, 5.41) is 12.2. The van der Waals surface area contributed by atoms with Crippen molar-refractivity contribution >= 4 is 23.3 Å². The van der Waals surface area contributed by atoms with Crippen molar-refractivity contribution in [3.8, 4) is 11.5 Å². The van der Waals surface area contributed by atoms with Gasteiger partial charge in [0.05, 0.1) is 4.88 Å². The third-order valence-electron chi connectivity index (χ3n) is 3.14. The Morgan fingerprint density at radius 2 is 2.05 bits per heavy atom. The topological polar surface area (TPSA) is 68.0 Å². The normalized spacial score (nSPS) is 10.6. The van der Waals surface area contributed by atoms with E-state index in [-0.39, 0.29) is 11.9 Å². The van der Waals surface area contributed by atoms with Crippen LogP contribution in [0.15, 0.2) is 40.1 Å². The van der Waals surface area contributed by atoms with Crippen LogP contribution in [-0.4, -0.2) is 16.1 Å². The molecule has 0 unspecified atom stereocenters. The maximum atomic E-state index is 11.9. The first-order valence-electron chi connectivity index (χ1n) is 6.39. The Balaban J connectivity index is 1.80. The Morgan fingerprint density at radius 3 is 2.76 bits per heavy atom. The van der Waals surface area contributed by atoms with E-state index >= 15 is 0 Å². The molecule has 21 heavy (non-hydrogen) atoms. The number of hydrogen-bond donors (Lipinski definition) is 1. The first-order chi connectivity index (χ1) is 10.1. The monoisotopic (exact) mass is 299 g/mol. The number of amides is 1. The summed E-state index contributed by atoms with van der Waals surface area (Å²) in [5.74, 6) is 0.139. The second-order valence-corrected chi connectivity index (χ2v) is 5.59. The van der Waals surface area contributed by atoms with Gasteiger partial charge >= 0.3 is 6.01 Å². The van der Waals surface area contributed by atoms with Crippen LogP contribution in [0.5, 0.6) is 0 Å². The molecule has 0 radical (unpaired) electrons. The second-order valence-electron chi connectivity index (χ2n) is 4.64. The molecule has 1 N–H and O–H groups in total. The van der Waals surface area contributed by atoms with Crippen LogP contribution < -0.4 is 5.32 Å². The average molecular weight is 299 g/mol. The molecule has 1 aromatic carbocycles. The number of anilines is 1. The zero-order valence-electron chi connectivity index (χ0n) is 11.6. The zero-order valence-corrected chi connectivity index (χ0v) is 12.4. The fourth-order valence-electron chi connectivity index (χ4n) is 1.83. The number of carbonyl (C=O) groups is 1. The van der Waals surface area contributed by atoms with E-state index in [1.165, 1.54) is 16.9 Å². The maximum Gasteiger partial charge on any atom is 0.322 e. The summed E-state index contributed by atoms with van der Waals surface area (Å²) in [4.78, 5) is 12.5. The van der Waals surface area contributed by atoms with Crippen molar-refractivity contribution in [1.82, 2.24) is 10.2 Å². The smallest absolute Gasteiger partial charge is 0.322 e.